The lowest BCUT2D eigenvalue weighted by Crippen LogP contribution is -2.36. The Hall–Kier alpha value is -2.06. The minimum absolute atomic E-state index is 0.165. The van der Waals surface area contributed by atoms with E-state index in [2.05, 4.69) is 92.6 Å². The maximum atomic E-state index is 10.4. The third kappa shape index (κ3) is 8.91. The average Bonchev–Trinajstić information content (AvgIpc) is 3.12. The van der Waals surface area contributed by atoms with Crippen LogP contribution in [0, 0.1) is 18.3 Å². The summed E-state index contributed by atoms with van der Waals surface area (Å²) in [7, 11) is 0. The zero-order valence-electron chi connectivity index (χ0n) is 20.0. The van der Waals surface area contributed by atoms with Crippen molar-refractivity contribution in [2.24, 2.45) is 5.92 Å². The third-order valence-electron chi connectivity index (χ3n) is 5.47. The lowest BCUT2D eigenvalue weighted by Gasteiger charge is -2.26. The minimum Gasteiger partial charge on any atom is -0.389 e. The van der Waals surface area contributed by atoms with Crippen molar-refractivity contribution in [1.29, 1.82) is 0 Å². The summed E-state index contributed by atoms with van der Waals surface area (Å²) in [6.45, 7) is 14.8. The Morgan fingerprint density at radius 2 is 1.87 bits per heavy atom. The second-order valence-corrected chi connectivity index (χ2v) is 9.87. The van der Waals surface area contributed by atoms with Gasteiger partial charge >= 0.3 is 0 Å². The summed E-state index contributed by atoms with van der Waals surface area (Å²) in [6.07, 6.45) is 7.91. The molecule has 4 nitrogen and oxygen atoms in total. The summed E-state index contributed by atoms with van der Waals surface area (Å²) >= 11 is 0. The Kier molecular flexibility index (Phi) is 9.84. The second kappa shape index (κ2) is 12.1. The Balaban J connectivity index is 2.04. The number of aromatic nitrogens is 1. The van der Waals surface area contributed by atoms with E-state index in [1.54, 1.807) is 0 Å². The van der Waals surface area contributed by atoms with Crippen molar-refractivity contribution >= 4 is 0 Å². The van der Waals surface area contributed by atoms with Gasteiger partial charge in [-0.25, -0.2) is 0 Å². The van der Waals surface area contributed by atoms with Crippen molar-refractivity contribution in [3.63, 3.8) is 0 Å². The van der Waals surface area contributed by atoms with Gasteiger partial charge in [0, 0.05) is 31.5 Å². The molecule has 1 heterocycles. The van der Waals surface area contributed by atoms with E-state index < -0.39 is 6.10 Å². The van der Waals surface area contributed by atoms with Gasteiger partial charge < -0.3 is 14.4 Å². The number of hydrogen-bond donors (Lipinski definition) is 1. The zero-order chi connectivity index (χ0) is 22.9. The molecule has 1 unspecified atom stereocenters. The highest BCUT2D eigenvalue weighted by molar-refractivity contribution is 5.28. The third-order valence-corrected chi connectivity index (χ3v) is 5.47. The molecule has 0 saturated carbocycles. The molecule has 0 spiro atoms. The molecule has 0 bridgehead atoms. The molecule has 2 aromatic rings. The van der Waals surface area contributed by atoms with Gasteiger partial charge in [-0.05, 0) is 47.6 Å². The van der Waals surface area contributed by atoms with Crippen LogP contribution in [0.2, 0.25) is 0 Å². The SMILES string of the molecule is C#CCOCC(O)CN(CCC(C)C)Cc1cccn1Cc1ccc(C(C)(C)C)cc1. The molecule has 0 aliphatic heterocycles. The van der Waals surface area contributed by atoms with Crippen molar-refractivity contribution in [2.45, 2.75) is 65.6 Å². The van der Waals surface area contributed by atoms with E-state index in [0.29, 0.717) is 12.5 Å². The van der Waals surface area contributed by atoms with Crippen LogP contribution < -0.4 is 0 Å². The highest BCUT2D eigenvalue weighted by atomic mass is 16.5. The summed E-state index contributed by atoms with van der Waals surface area (Å²) in [5.41, 5.74) is 4.06. The fourth-order valence-corrected chi connectivity index (χ4v) is 3.56. The topological polar surface area (TPSA) is 37.6 Å². The van der Waals surface area contributed by atoms with E-state index in [9.17, 15) is 5.11 Å². The first-order valence-electron chi connectivity index (χ1n) is 11.3. The number of ether oxygens (including phenoxy) is 1. The van der Waals surface area contributed by atoms with Crippen LogP contribution in [0.25, 0.3) is 0 Å². The van der Waals surface area contributed by atoms with Gasteiger partial charge in [0.15, 0.2) is 0 Å². The average molecular weight is 425 g/mol. The van der Waals surface area contributed by atoms with Crippen LogP contribution in [0.15, 0.2) is 42.6 Å². The summed E-state index contributed by atoms with van der Waals surface area (Å²) in [5.74, 6) is 3.06. The van der Waals surface area contributed by atoms with Gasteiger partial charge in [-0.1, -0.05) is 64.8 Å². The largest absolute Gasteiger partial charge is 0.389 e. The van der Waals surface area contributed by atoms with E-state index >= 15 is 0 Å². The highest BCUT2D eigenvalue weighted by Gasteiger charge is 2.16. The molecule has 0 aliphatic rings. The van der Waals surface area contributed by atoms with Crippen LogP contribution in [-0.2, 0) is 23.2 Å². The van der Waals surface area contributed by atoms with Gasteiger partial charge in [0.1, 0.15) is 6.61 Å². The summed E-state index contributed by atoms with van der Waals surface area (Å²) in [6, 6.07) is 13.2. The van der Waals surface area contributed by atoms with Crippen LogP contribution >= 0.6 is 0 Å². The molecule has 1 atom stereocenters. The van der Waals surface area contributed by atoms with Gasteiger partial charge in [-0.3, -0.25) is 4.90 Å². The quantitative estimate of drug-likeness (QED) is 0.397. The number of nitrogens with zero attached hydrogens (tertiary/aromatic N) is 2. The predicted octanol–water partition coefficient (Wildman–Crippen LogP) is 4.69. The molecule has 0 fully saturated rings. The van der Waals surface area contributed by atoms with E-state index in [1.807, 2.05) is 0 Å². The van der Waals surface area contributed by atoms with E-state index in [1.165, 1.54) is 16.8 Å². The summed E-state index contributed by atoms with van der Waals surface area (Å²) < 4.78 is 7.63. The first-order valence-corrected chi connectivity index (χ1v) is 11.3. The number of terminal acetylenes is 1. The molecule has 0 amide bonds. The zero-order valence-corrected chi connectivity index (χ0v) is 20.0. The number of hydrogen-bond acceptors (Lipinski definition) is 3. The molecular formula is C27H40N2O2. The van der Waals surface area contributed by atoms with Crippen molar-refractivity contribution in [1.82, 2.24) is 9.47 Å². The van der Waals surface area contributed by atoms with Gasteiger partial charge in [0.25, 0.3) is 0 Å². The molecule has 0 aliphatic carbocycles. The normalized spacial score (nSPS) is 13.0. The molecule has 1 aromatic carbocycles. The van der Waals surface area contributed by atoms with Crippen LogP contribution in [-0.4, -0.2) is 47.0 Å². The van der Waals surface area contributed by atoms with Crippen LogP contribution in [0.3, 0.4) is 0 Å². The molecule has 1 N–H and O–H groups in total. The first kappa shape index (κ1) is 25.2. The van der Waals surface area contributed by atoms with E-state index in [-0.39, 0.29) is 18.6 Å². The van der Waals surface area contributed by atoms with Crippen molar-refractivity contribution in [2.75, 3.05) is 26.3 Å². The fraction of sp³-hybridized carbons (Fsp3) is 0.556. The molecule has 170 valence electrons. The van der Waals surface area contributed by atoms with Crippen LogP contribution in [0.1, 0.15) is 57.9 Å². The highest BCUT2D eigenvalue weighted by Crippen LogP contribution is 2.22. The molecule has 0 saturated heterocycles. The smallest absolute Gasteiger partial charge is 0.107 e. The van der Waals surface area contributed by atoms with Gasteiger partial charge in [-0.15, -0.1) is 6.42 Å². The van der Waals surface area contributed by atoms with E-state index in [4.69, 9.17) is 11.2 Å². The molecule has 31 heavy (non-hydrogen) atoms. The Labute approximate surface area is 189 Å². The number of aliphatic hydroxyl groups excluding tert-OH is 1. The molecule has 4 heteroatoms. The molecule has 1 aromatic heterocycles. The van der Waals surface area contributed by atoms with Crippen LogP contribution in [0.4, 0.5) is 0 Å². The van der Waals surface area contributed by atoms with Crippen molar-refractivity contribution in [3.05, 3.63) is 59.4 Å². The van der Waals surface area contributed by atoms with Crippen molar-refractivity contribution in [3.8, 4) is 12.3 Å². The van der Waals surface area contributed by atoms with Crippen molar-refractivity contribution < 1.29 is 9.84 Å². The lowest BCUT2D eigenvalue weighted by molar-refractivity contribution is 0.0248. The number of aliphatic hydroxyl groups is 1. The monoisotopic (exact) mass is 424 g/mol. The maximum absolute atomic E-state index is 10.4. The molecular weight excluding hydrogens is 384 g/mol. The fourth-order valence-electron chi connectivity index (χ4n) is 3.56. The van der Waals surface area contributed by atoms with Gasteiger partial charge in [-0.2, -0.15) is 0 Å². The van der Waals surface area contributed by atoms with Gasteiger partial charge in [0.05, 0.1) is 12.7 Å². The first-order chi connectivity index (χ1) is 14.7. The maximum Gasteiger partial charge on any atom is 0.107 e. The number of rotatable bonds is 12. The second-order valence-electron chi connectivity index (χ2n) is 9.87. The van der Waals surface area contributed by atoms with Gasteiger partial charge in [0.2, 0.25) is 0 Å². The Bertz CT molecular complexity index is 809. The summed E-state index contributed by atoms with van der Waals surface area (Å²) in [4.78, 5) is 2.32. The minimum atomic E-state index is -0.547. The van der Waals surface area contributed by atoms with E-state index in [0.717, 1.165) is 26.1 Å². The lowest BCUT2D eigenvalue weighted by atomic mass is 9.87. The standard InChI is InChI=1S/C27H40N2O2/c1-7-17-31-21-26(30)20-28(16-14-22(2)3)19-25-9-8-15-29(25)18-23-10-12-24(13-11-23)27(4,5)6/h1,8-13,15,22,26,30H,14,16-21H2,2-6H3. The Morgan fingerprint density at radius 3 is 2.48 bits per heavy atom. The summed E-state index contributed by atoms with van der Waals surface area (Å²) in [5, 5.41) is 10.4. The predicted molar refractivity (Wildman–Crippen MR) is 129 cm³/mol. The van der Waals surface area contributed by atoms with Crippen LogP contribution in [0.5, 0.6) is 0 Å². The molecule has 2 rings (SSSR count). The Morgan fingerprint density at radius 1 is 1.16 bits per heavy atom. The number of benzene rings is 1. The molecule has 0 radical (unpaired) electrons.